The van der Waals surface area contributed by atoms with Gasteiger partial charge >= 0.3 is 12.2 Å². The Kier molecular flexibility index (Phi) is 4.34. The highest BCUT2D eigenvalue weighted by atomic mass is 16.4. The maximum absolute atomic E-state index is 12.0. The summed E-state index contributed by atoms with van der Waals surface area (Å²) >= 11 is 0. The number of hydrogen-bond donors (Lipinski definition) is 1. The Labute approximate surface area is 124 Å². The number of rotatable bonds is 3. The molecule has 21 heavy (non-hydrogen) atoms. The number of carbonyl (C=O) groups excluding carboxylic acids is 1. The highest BCUT2D eigenvalue weighted by molar-refractivity contribution is 5.78. The molecule has 2 amide bonds. The lowest BCUT2D eigenvalue weighted by atomic mass is 9.95. The molecule has 1 aliphatic heterocycles. The number of aliphatic hydroxyl groups is 1. The van der Waals surface area contributed by atoms with Gasteiger partial charge in [0.2, 0.25) is 0 Å². The van der Waals surface area contributed by atoms with E-state index in [0.29, 0.717) is 13.1 Å². The molecule has 0 bridgehead atoms. The second-order valence-electron chi connectivity index (χ2n) is 5.40. The molecule has 1 aromatic carbocycles. The monoisotopic (exact) mass is 289 g/mol. The van der Waals surface area contributed by atoms with Crippen molar-refractivity contribution in [2.45, 2.75) is 26.9 Å². The van der Waals surface area contributed by atoms with Crippen LogP contribution in [0.3, 0.4) is 0 Å². The highest BCUT2D eigenvalue weighted by Crippen LogP contribution is 2.25. The molecular formula is C15H19N3O3. The first-order chi connectivity index (χ1) is 9.93. The average molecular weight is 289 g/mol. The van der Waals surface area contributed by atoms with Crippen molar-refractivity contribution in [2.24, 2.45) is 0 Å². The molecule has 112 valence electrons. The van der Waals surface area contributed by atoms with Gasteiger partial charge in [0, 0.05) is 0 Å². The lowest BCUT2D eigenvalue weighted by Crippen LogP contribution is -2.33. The topological polar surface area (TPSA) is 71.2 Å². The quantitative estimate of drug-likeness (QED) is 0.684. The number of benzene rings is 1. The second-order valence-corrected chi connectivity index (χ2v) is 5.40. The van der Waals surface area contributed by atoms with Crippen molar-refractivity contribution < 1.29 is 9.90 Å². The maximum Gasteiger partial charge on any atom is 0.420 e. The van der Waals surface area contributed by atoms with Crippen LogP contribution < -0.4 is 0 Å². The highest BCUT2D eigenvalue weighted by Gasteiger charge is 2.36. The molecule has 1 aliphatic rings. The van der Waals surface area contributed by atoms with Crippen LogP contribution in [0.15, 0.2) is 12.1 Å². The maximum atomic E-state index is 12.0. The third-order valence-electron chi connectivity index (χ3n) is 3.72. The molecule has 1 heterocycles. The van der Waals surface area contributed by atoms with Gasteiger partial charge in [0.1, 0.15) is 6.54 Å². The molecule has 1 atom stereocenters. The summed E-state index contributed by atoms with van der Waals surface area (Å²) < 4.78 is 0. The van der Waals surface area contributed by atoms with Gasteiger partial charge in [-0.2, -0.15) is 5.01 Å². The number of nitrogens with zero attached hydrogens (tertiary/aromatic N) is 3. The van der Waals surface area contributed by atoms with Gasteiger partial charge in [-0.05, 0) is 37.5 Å². The zero-order valence-corrected chi connectivity index (χ0v) is 12.5. The molecule has 0 aromatic heterocycles. The number of hydrogen-bond acceptors (Lipinski definition) is 3. The van der Waals surface area contributed by atoms with Gasteiger partial charge in [0.05, 0.1) is 19.2 Å². The molecule has 1 unspecified atom stereocenters. The molecule has 0 spiro atoms. The molecule has 0 saturated carbocycles. The van der Waals surface area contributed by atoms with E-state index in [2.05, 4.69) is 11.2 Å². The fraction of sp³-hybridized carbons (Fsp3) is 0.467. The third-order valence-corrected chi connectivity index (χ3v) is 3.72. The summed E-state index contributed by atoms with van der Waals surface area (Å²) in [5.74, 6) is 0. The lowest BCUT2D eigenvalue weighted by molar-refractivity contribution is 0.129. The van der Waals surface area contributed by atoms with Crippen molar-refractivity contribution >= 4 is 6.03 Å². The summed E-state index contributed by atoms with van der Waals surface area (Å²) in [7, 11) is 0. The first-order valence-electron chi connectivity index (χ1n) is 6.84. The van der Waals surface area contributed by atoms with Gasteiger partial charge in [-0.25, -0.2) is 4.79 Å². The number of amides is 2. The van der Waals surface area contributed by atoms with Gasteiger partial charge in [0.25, 0.3) is 0 Å². The number of aryl methyl sites for hydroxylation is 3. The van der Waals surface area contributed by atoms with Crippen molar-refractivity contribution in [2.75, 3.05) is 19.6 Å². The summed E-state index contributed by atoms with van der Waals surface area (Å²) in [6.45, 7) is 6.92. The molecule has 1 fully saturated rings. The van der Waals surface area contributed by atoms with E-state index in [4.69, 9.17) is 0 Å². The van der Waals surface area contributed by atoms with Crippen LogP contribution in [-0.2, 0) is 0 Å². The fourth-order valence-electron chi connectivity index (χ4n) is 2.91. The van der Waals surface area contributed by atoms with Gasteiger partial charge in [0.15, 0.2) is 0 Å². The van der Waals surface area contributed by atoms with Crippen LogP contribution in [0.2, 0.25) is 0 Å². The van der Waals surface area contributed by atoms with Crippen molar-refractivity contribution in [1.82, 2.24) is 9.80 Å². The number of urea groups is 1. The SMILES string of the molecule is Cc1cc(C)c(C(O)CN2CCN(C#[N+][O-])C2=O)c(C)c1. The van der Waals surface area contributed by atoms with E-state index in [1.807, 2.05) is 32.9 Å². The molecule has 0 aliphatic carbocycles. The minimum absolute atomic E-state index is 0.195. The van der Waals surface area contributed by atoms with Crippen LogP contribution in [0.1, 0.15) is 28.4 Å². The van der Waals surface area contributed by atoms with E-state index in [-0.39, 0.29) is 12.6 Å². The molecule has 6 nitrogen and oxygen atoms in total. The largest absolute Gasteiger partial charge is 0.611 e. The zero-order chi connectivity index (χ0) is 15.6. The van der Waals surface area contributed by atoms with E-state index in [1.165, 1.54) is 4.90 Å². The predicted octanol–water partition coefficient (Wildman–Crippen LogP) is 2.17. The van der Waals surface area contributed by atoms with E-state index in [9.17, 15) is 15.1 Å². The van der Waals surface area contributed by atoms with Crippen LogP contribution >= 0.6 is 0 Å². The molecule has 1 saturated heterocycles. The molecule has 1 aromatic rings. The summed E-state index contributed by atoms with van der Waals surface area (Å²) in [4.78, 5) is 14.6. The lowest BCUT2D eigenvalue weighted by Gasteiger charge is -2.21. The van der Waals surface area contributed by atoms with Crippen molar-refractivity contribution in [1.29, 1.82) is 0 Å². The Morgan fingerprint density at radius 3 is 2.52 bits per heavy atom. The number of aliphatic hydroxyl groups excluding tert-OH is 1. The van der Waals surface area contributed by atoms with E-state index in [1.54, 1.807) is 0 Å². The van der Waals surface area contributed by atoms with Crippen LogP contribution in [0.25, 0.3) is 5.01 Å². The summed E-state index contributed by atoms with van der Waals surface area (Å²) in [6.07, 6.45) is 1.35. The molecule has 2 rings (SSSR count). The van der Waals surface area contributed by atoms with Crippen molar-refractivity contribution in [3.8, 4) is 6.19 Å². The average Bonchev–Trinajstić information content (AvgIpc) is 2.71. The molecule has 1 N–H and O–H groups in total. The van der Waals surface area contributed by atoms with Crippen molar-refractivity contribution in [3.63, 3.8) is 0 Å². The van der Waals surface area contributed by atoms with Gasteiger partial charge in [-0.15, -0.1) is 4.90 Å². The van der Waals surface area contributed by atoms with Crippen LogP contribution in [0, 0.1) is 32.2 Å². The van der Waals surface area contributed by atoms with Crippen molar-refractivity contribution in [3.05, 3.63) is 44.6 Å². The van der Waals surface area contributed by atoms with Crippen LogP contribution in [-0.4, -0.2) is 40.6 Å². The van der Waals surface area contributed by atoms with E-state index >= 15 is 0 Å². The summed E-state index contributed by atoms with van der Waals surface area (Å²) in [6, 6.07) is 3.68. The minimum Gasteiger partial charge on any atom is -0.611 e. The summed E-state index contributed by atoms with van der Waals surface area (Å²) in [5, 5.41) is 23.1. The van der Waals surface area contributed by atoms with Crippen LogP contribution in [0.5, 0.6) is 0 Å². The first kappa shape index (κ1) is 15.1. The first-order valence-corrected chi connectivity index (χ1v) is 6.84. The Balaban J connectivity index is 2.14. The minimum atomic E-state index is -0.751. The Morgan fingerprint density at radius 1 is 1.33 bits per heavy atom. The fourth-order valence-corrected chi connectivity index (χ4v) is 2.91. The predicted molar refractivity (Wildman–Crippen MR) is 79.9 cm³/mol. The third kappa shape index (κ3) is 3.09. The normalized spacial score (nSPS) is 15.9. The number of carbonyl (C=O) groups is 1. The second kappa shape index (κ2) is 6.02. The standard InChI is InChI=1S/C15H19N3O3/c1-10-6-11(2)14(12(3)7-10)13(19)8-17-4-5-18(9-16-21)15(17)20/h6-7,13,19H,4-5,8H2,1-3H3. The molecule has 0 radical (unpaired) electrons. The van der Waals surface area contributed by atoms with Crippen LogP contribution in [0.4, 0.5) is 4.79 Å². The molecular weight excluding hydrogens is 270 g/mol. The van der Waals surface area contributed by atoms with E-state index in [0.717, 1.165) is 27.2 Å². The van der Waals surface area contributed by atoms with E-state index < -0.39 is 6.10 Å². The van der Waals surface area contributed by atoms with Gasteiger partial charge < -0.3 is 10.3 Å². The Hall–Kier alpha value is -2.26. The smallest absolute Gasteiger partial charge is 0.420 e. The Morgan fingerprint density at radius 2 is 1.95 bits per heavy atom. The van der Waals surface area contributed by atoms with Gasteiger partial charge in [-0.1, -0.05) is 17.7 Å². The van der Waals surface area contributed by atoms with Gasteiger partial charge in [-0.3, -0.25) is 4.90 Å². The zero-order valence-electron chi connectivity index (χ0n) is 12.5. The Bertz CT molecular complexity index is 595. The summed E-state index contributed by atoms with van der Waals surface area (Å²) in [5.41, 5.74) is 4.02. The number of β-amino-alcohol motifs (C(OH)–C–C–N with tert-alkyl or cyclic N) is 1. The molecule has 6 heteroatoms.